The lowest BCUT2D eigenvalue weighted by Gasteiger charge is -2.22. The molecule has 1 heterocycles. The normalized spacial score (nSPS) is 14.5. The molecule has 0 saturated heterocycles. The third-order valence-corrected chi connectivity index (χ3v) is 4.57. The van der Waals surface area contributed by atoms with Crippen LogP contribution in [-0.2, 0) is 17.9 Å². The minimum Gasteiger partial charge on any atom is -0.467 e. The summed E-state index contributed by atoms with van der Waals surface area (Å²) in [5.41, 5.74) is 2.30. The summed E-state index contributed by atoms with van der Waals surface area (Å²) in [5, 5.41) is 15.6. The molecule has 0 bridgehead atoms. The summed E-state index contributed by atoms with van der Waals surface area (Å²) in [4.78, 5) is 10.7. The van der Waals surface area contributed by atoms with Crippen LogP contribution in [0.5, 0.6) is 5.75 Å². The maximum atomic E-state index is 11.1. The summed E-state index contributed by atoms with van der Waals surface area (Å²) in [7, 11) is 0. The van der Waals surface area contributed by atoms with Gasteiger partial charge >= 0.3 is 0 Å². The van der Waals surface area contributed by atoms with Crippen LogP contribution in [0.25, 0.3) is 0 Å². The molecule has 1 aliphatic heterocycles. The molecule has 1 unspecified atom stereocenters. The highest BCUT2D eigenvalue weighted by molar-refractivity contribution is 6.35. The number of nitrogens with one attached hydrogen (secondary N) is 1. The van der Waals surface area contributed by atoms with Crippen molar-refractivity contribution < 1.29 is 14.4 Å². The number of fused-ring (bicyclic) bond motifs is 1. The number of hydrogen-bond donors (Lipinski definition) is 1. The number of rotatable bonds is 5. The number of ether oxygens (including phenoxy) is 2. The first kappa shape index (κ1) is 17.9. The zero-order chi connectivity index (χ0) is 18.0. The Labute approximate surface area is 154 Å². The zero-order valence-electron chi connectivity index (χ0n) is 13.4. The van der Waals surface area contributed by atoms with Crippen LogP contribution < -0.4 is 10.1 Å². The Balaban J connectivity index is 1.82. The van der Waals surface area contributed by atoms with E-state index >= 15 is 0 Å². The number of hydrogen-bond acceptors (Lipinski definition) is 5. The van der Waals surface area contributed by atoms with Gasteiger partial charge in [0.05, 0.1) is 11.5 Å². The average Bonchev–Trinajstić information content (AvgIpc) is 2.59. The van der Waals surface area contributed by atoms with Gasteiger partial charge in [0.25, 0.3) is 5.69 Å². The molecule has 8 heteroatoms. The van der Waals surface area contributed by atoms with Gasteiger partial charge in [0.2, 0.25) is 0 Å². The average molecular weight is 383 g/mol. The van der Waals surface area contributed by atoms with Crippen molar-refractivity contribution in [3.05, 3.63) is 67.2 Å². The van der Waals surface area contributed by atoms with Crippen LogP contribution in [-0.4, -0.2) is 11.7 Å². The Morgan fingerprint density at radius 2 is 2.12 bits per heavy atom. The molecule has 0 radical (unpaired) electrons. The summed E-state index contributed by atoms with van der Waals surface area (Å²) in [6, 6.07) is 8.25. The fourth-order valence-corrected chi connectivity index (χ4v) is 3.32. The second-order valence-corrected chi connectivity index (χ2v) is 6.57. The van der Waals surface area contributed by atoms with Gasteiger partial charge in [-0.1, -0.05) is 29.3 Å². The molecule has 0 aromatic heterocycles. The lowest BCUT2D eigenvalue weighted by molar-refractivity contribution is -0.385. The summed E-state index contributed by atoms with van der Waals surface area (Å²) in [6.45, 7) is 2.78. The highest BCUT2D eigenvalue weighted by atomic mass is 35.5. The lowest BCUT2D eigenvalue weighted by atomic mass is 10.0. The molecule has 1 aliphatic rings. The van der Waals surface area contributed by atoms with E-state index in [0.717, 1.165) is 5.56 Å². The zero-order valence-corrected chi connectivity index (χ0v) is 14.9. The molecule has 132 valence electrons. The molecule has 3 rings (SSSR count). The largest absolute Gasteiger partial charge is 0.467 e. The molecule has 6 nitrogen and oxygen atoms in total. The molecular weight excluding hydrogens is 367 g/mol. The van der Waals surface area contributed by atoms with E-state index in [9.17, 15) is 10.1 Å². The highest BCUT2D eigenvalue weighted by Crippen LogP contribution is 2.33. The molecule has 0 spiro atoms. The van der Waals surface area contributed by atoms with Crippen molar-refractivity contribution in [1.82, 2.24) is 5.32 Å². The fourth-order valence-electron chi connectivity index (χ4n) is 2.74. The summed E-state index contributed by atoms with van der Waals surface area (Å²) >= 11 is 12.2. The molecule has 1 N–H and O–H groups in total. The quantitative estimate of drug-likeness (QED) is 0.603. The molecule has 2 aromatic rings. The van der Waals surface area contributed by atoms with E-state index in [1.165, 1.54) is 12.1 Å². The summed E-state index contributed by atoms with van der Waals surface area (Å²) < 4.78 is 10.8. The predicted molar refractivity (Wildman–Crippen MR) is 95.1 cm³/mol. The molecule has 0 fully saturated rings. The molecule has 0 amide bonds. The summed E-state index contributed by atoms with van der Waals surface area (Å²) in [5.74, 6) is 0.638. The molecule has 25 heavy (non-hydrogen) atoms. The van der Waals surface area contributed by atoms with Crippen molar-refractivity contribution in [1.29, 1.82) is 0 Å². The van der Waals surface area contributed by atoms with Gasteiger partial charge in [-0.05, 0) is 24.6 Å². The maximum Gasteiger partial charge on any atom is 0.270 e. The van der Waals surface area contributed by atoms with Crippen molar-refractivity contribution >= 4 is 28.9 Å². The SMILES string of the molecule is CC(NCc1cc([N+](=O)[O-])cc2c1OCOC2)c1ccc(Cl)cc1Cl. The fraction of sp³-hybridized carbons (Fsp3) is 0.294. The van der Waals surface area contributed by atoms with Gasteiger partial charge in [0.1, 0.15) is 5.75 Å². The van der Waals surface area contributed by atoms with Gasteiger partial charge in [0, 0.05) is 45.9 Å². The van der Waals surface area contributed by atoms with E-state index in [1.54, 1.807) is 12.1 Å². The van der Waals surface area contributed by atoms with Crippen LogP contribution in [0.4, 0.5) is 5.69 Å². The molecule has 1 atom stereocenters. The van der Waals surface area contributed by atoms with E-state index in [4.69, 9.17) is 32.7 Å². The van der Waals surface area contributed by atoms with Gasteiger partial charge in [-0.15, -0.1) is 0 Å². The van der Waals surface area contributed by atoms with Crippen molar-refractivity contribution in [3.63, 3.8) is 0 Å². The number of non-ortho nitro benzene ring substituents is 1. The number of halogens is 2. The van der Waals surface area contributed by atoms with E-state index in [0.29, 0.717) is 40.1 Å². The third-order valence-electron chi connectivity index (χ3n) is 4.01. The first-order valence-corrected chi connectivity index (χ1v) is 8.40. The monoisotopic (exact) mass is 382 g/mol. The first-order valence-electron chi connectivity index (χ1n) is 7.64. The standard InChI is InChI=1S/C17H16Cl2N2O4/c1-10(15-3-2-13(18)6-16(15)19)20-7-11-4-14(21(22)23)5-12-8-24-9-25-17(11)12/h2-6,10,20H,7-9H2,1H3. The van der Waals surface area contributed by atoms with Crippen LogP contribution in [0.2, 0.25) is 10.0 Å². The van der Waals surface area contributed by atoms with Crippen LogP contribution in [0.1, 0.15) is 29.7 Å². The van der Waals surface area contributed by atoms with Crippen LogP contribution >= 0.6 is 23.2 Å². The van der Waals surface area contributed by atoms with Crippen molar-refractivity contribution in [2.24, 2.45) is 0 Å². The Morgan fingerprint density at radius 1 is 1.32 bits per heavy atom. The van der Waals surface area contributed by atoms with Crippen LogP contribution in [0.3, 0.4) is 0 Å². The third kappa shape index (κ3) is 4.04. The molecular formula is C17H16Cl2N2O4. The van der Waals surface area contributed by atoms with Crippen molar-refractivity contribution in [2.75, 3.05) is 6.79 Å². The minimum atomic E-state index is -0.419. The number of nitrogens with zero attached hydrogens (tertiary/aromatic N) is 1. The van der Waals surface area contributed by atoms with E-state index in [-0.39, 0.29) is 18.5 Å². The Kier molecular flexibility index (Phi) is 5.44. The minimum absolute atomic E-state index is 0.0156. The second kappa shape index (κ2) is 7.58. The lowest BCUT2D eigenvalue weighted by Crippen LogP contribution is -2.21. The first-order chi connectivity index (χ1) is 12.0. The van der Waals surface area contributed by atoms with Crippen molar-refractivity contribution in [3.8, 4) is 5.75 Å². The van der Waals surface area contributed by atoms with Gasteiger partial charge in [-0.3, -0.25) is 10.1 Å². The van der Waals surface area contributed by atoms with Gasteiger partial charge in [-0.25, -0.2) is 0 Å². The number of nitro benzene ring substituents is 1. The smallest absolute Gasteiger partial charge is 0.270 e. The predicted octanol–water partition coefficient (Wildman–Crippen LogP) is 4.62. The topological polar surface area (TPSA) is 73.6 Å². The Morgan fingerprint density at radius 3 is 2.84 bits per heavy atom. The van der Waals surface area contributed by atoms with Gasteiger partial charge in [-0.2, -0.15) is 0 Å². The van der Waals surface area contributed by atoms with Gasteiger partial charge < -0.3 is 14.8 Å². The Bertz CT molecular complexity index is 813. The molecule has 0 saturated carbocycles. The Hall–Kier alpha value is -1.86. The highest BCUT2D eigenvalue weighted by Gasteiger charge is 2.21. The van der Waals surface area contributed by atoms with E-state index < -0.39 is 4.92 Å². The summed E-state index contributed by atoms with van der Waals surface area (Å²) in [6.07, 6.45) is 0. The number of benzene rings is 2. The van der Waals surface area contributed by atoms with E-state index in [2.05, 4.69) is 5.32 Å². The molecule has 0 aliphatic carbocycles. The van der Waals surface area contributed by atoms with Crippen LogP contribution in [0, 0.1) is 10.1 Å². The van der Waals surface area contributed by atoms with Gasteiger partial charge in [0.15, 0.2) is 6.79 Å². The van der Waals surface area contributed by atoms with Crippen LogP contribution in [0.15, 0.2) is 30.3 Å². The second-order valence-electron chi connectivity index (χ2n) is 5.73. The number of nitro groups is 1. The molecule has 2 aromatic carbocycles. The van der Waals surface area contributed by atoms with E-state index in [1.807, 2.05) is 13.0 Å². The van der Waals surface area contributed by atoms with Crippen molar-refractivity contribution in [2.45, 2.75) is 26.1 Å². The maximum absolute atomic E-state index is 11.1.